The van der Waals surface area contributed by atoms with Gasteiger partial charge < -0.3 is 4.84 Å². The lowest BCUT2D eigenvalue weighted by Crippen LogP contribution is -2.46. The van der Waals surface area contributed by atoms with E-state index in [1.807, 2.05) is 12.1 Å². The highest BCUT2D eigenvalue weighted by Crippen LogP contribution is 2.44. The SMILES string of the molecule is O=C(ON1C(=O)CCC1=O)c1ccc(C2(N3CCCC3)CCCCC2)cc1. The normalized spacial score (nSPS) is 23.0. The van der Waals surface area contributed by atoms with Crippen LogP contribution in [0.4, 0.5) is 0 Å². The molecule has 0 atom stereocenters. The average Bonchev–Trinajstić information content (AvgIpc) is 3.35. The highest BCUT2D eigenvalue weighted by atomic mass is 16.7. The van der Waals surface area contributed by atoms with Crippen LogP contribution in [0, 0.1) is 0 Å². The Morgan fingerprint density at radius 1 is 0.852 bits per heavy atom. The van der Waals surface area contributed by atoms with E-state index in [0.717, 1.165) is 25.9 Å². The number of carbonyl (C=O) groups is 3. The highest BCUT2D eigenvalue weighted by molar-refractivity contribution is 6.02. The van der Waals surface area contributed by atoms with Crippen molar-refractivity contribution in [3.05, 3.63) is 35.4 Å². The molecule has 1 aromatic rings. The fourth-order valence-corrected chi connectivity index (χ4v) is 4.78. The number of nitrogens with zero attached hydrogens (tertiary/aromatic N) is 2. The van der Waals surface area contributed by atoms with Crippen molar-refractivity contribution in [1.29, 1.82) is 0 Å². The maximum atomic E-state index is 12.3. The second-order valence-corrected chi connectivity index (χ2v) is 7.82. The summed E-state index contributed by atoms with van der Waals surface area (Å²) in [4.78, 5) is 43.2. The first-order valence-electron chi connectivity index (χ1n) is 10.0. The van der Waals surface area contributed by atoms with Gasteiger partial charge in [-0.15, -0.1) is 5.06 Å². The van der Waals surface area contributed by atoms with Gasteiger partial charge in [0.25, 0.3) is 11.8 Å². The zero-order chi connectivity index (χ0) is 18.9. The molecule has 0 radical (unpaired) electrons. The maximum absolute atomic E-state index is 12.3. The van der Waals surface area contributed by atoms with E-state index in [2.05, 4.69) is 4.90 Å². The van der Waals surface area contributed by atoms with Crippen LogP contribution in [0.2, 0.25) is 0 Å². The van der Waals surface area contributed by atoms with E-state index in [1.165, 1.54) is 37.7 Å². The van der Waals surface area contributed by atoms with Crippen molar-refractivity contribution >= 4 is 17.8 Å². The summed E-state index contributed by atoms with van der Waals surface area (Å²) in [5, 5.41) is 0.600. The molecule has 0 N–H and O–H groups in total. The zero-order valence-corrected chi connectivity index (χ0v) is 15.6. The third-order valence-electron chi connectivity index (χ3n) is 6.23. The van der Waals surface area contributed by atoms with Crippen LogP contribution in [0.25, 0.3) is 0 Å². The lowest BCUT2D eigenvalue weighted by Gasteiger charge is -2.45. The Morgan fingerprint density at radius 2 is 1.44 bits per heavy atom. The summed E-state index contributed by atoms with van der Waals surface area (Å²) in [6.07, 6.45) is 8.79. The second kappa shape index (κ2) is 7.43. The molecule has 27 heavy (non-hydrogen) atoms. The van der Waals surface area contributed by atoms with Gasteiger partial charge in [0.05, 0.1) is 5.56 Å². The molecule has 1 aliphatic carbocycles. The van der Waals surface area contributed by atoms with Gasteiger partial charge in [-0.3, -0.25) is 14.5 Å². The third kappa shape index (κ3) is 3.38. The Kier molecular flexibility index (Phi) is 5.00. The van der Waals surface area contributed by atoms with Gasteiger partial charge in [0.15, 0.2) is 0 Å². The third-order valence-corrected chi connectivity index (χ3v) is 6.23. The molecule has 1 saturated carbocycles. The molecule has 0 bridgehead atoms. The predicted octanol–water partition coefficient (Wildman–Crippen LogP) is 3.16. The molecule has 0 spiro atoms. The second-order valence-electron chi connectivity index (χ2n) is 7.82. The van der Waals surface area contributed by atoms with Crippen molar-refractivity contribution in [2.24, 2.45) is 0 Å². The average molecular weight is 370 g/mol. The van der Waals surface area contributed by atoms with Crippen LogP contribution in [-0.2, 0) is 20.0 Å². The molecule has 4 rings (SSSR count). The van der Waals surface area contributed by atoms with Crippen molar-refractivity contribution < 1.29 is 19.2 Å². The molecule has 0 unspecified atom stereocenters. The van der Waals surface area contributed by atoms with Crippen molar-refractivity contribution in [2.75, 3.05) is 13.1 Å². The van der Waals surface area contributed by atoms with E-state index in [-0.39, 0.29) is 18.4 Å². The quantitative estimate of drug-likeness (QED) is 0.762. The number of carbonyl (C=O) groups excluding carboxylic acids is 3. The Bertz CT molecular complexity index is 715. The van der Waals surface area contributed by atoms with E-state index in [1.54, 1.807) is 12.1 Å². The summed E-state index contributed by atoms with van der Waals surface area (Å²) in [5.74, 6) is -1.58. The standard InChI is InChI=1S/C21H26N2O4/c24-18-10-11-19(25)23(18)27-20(26)16-6-8-17(9-7-16)21(12-2-1-3-13-21)22-14-4-5-15-22/h6-9H,1-5,10-15H2. The van der Waals surface area contributed by atoms with Crippen LogP contribution in [0.5, 0.6) is 0 Å². The van der Waals surface area contributed by atoms with Crippen molar-refractivity contribution in [1.82, 2.24) is 9.96 Å². The molecule has 2 aliphatic heterocycles. The van der Waals surface area contributed by atoms with Gasteiger partial charge in [0.2, 0.25) is 0 Å². The number of rotatable bonds is 4. The van der Waals surface area contributed by atoms with E-state index in [0.29, 0.717) is 10.6 Å². The van der Waals surface area contributed by atoms with Gasteiger partial charge in [0.1, 0.15) is 0 Å². The van der Waals surface area contributed by atoms with E-state index in [9.17, 15) is 14.4 Å². The number of likely N-dealkylation sites (tertiary alicyclic amines) is 1. The number of hydrogen-bond donors (Lipinski definition) is 0. The Labute approximate surface area is 159 Å². The summed E-state index contributed by atoms with van der Waals surface area (Å²) < 4.78 is 0. The molecule has 2 heterocycles. The first kappa shape index (κ1) is 18.2. The first-order valence-corrected chi connectivity index (χ1v) is 10.0. The van der Waals surface area contributed by atoms with Crippen molar-refractivity contribution in [3.8, 4) is 0 Å². The Morgan fingerprint density at radius 3 is 2.04 bits per heavy atom. The van der Waals surface area contributed by atoms with Gasteiger partial charge >= 0.3 is 5.97 Å². The molecule has 6 heteroatoms. The van der Waals surface area contributed by atoms with E-state index < -0.39 is 17.8 Å². The summed E-state index contributed by atoms with van der Waals surface area (Å²) >= 11 is 0. The number of hydroxylamine groups is 2. The van der Waals surface area contributed by atoms with Gasteiger partial charge in [0, 0.05) is 18.4 Å². The molecular weight excluding hydrogens is 344 g/mol. The van der Waals surface area contributed by atoms with Gasteiger partial charge in [-0.2, -0.15) is 0 Å². The largest absolute Gasteiger partial charge is 0.363 e. The van der Waals surface area contributed by atoms with Gasteiger partial charge in [-0.05, 0) is 56.5 Å². The molecule has 2 amide bonds. The van der Waals surface area contributed by atoms with E-state index in [4.69, 9.17) is 4.84 Å². The Hall–Kier alpha value is -2.21. The maximum Gasteiger partial charge on any atom is 0.363 e. The van der Waals surface area contributed by atoms with Crippen molar-refractivity contribution in [3.63, 3.8) is 0 Å². The molecule has 2 saturated heterocycles. The molecule has 6 nitrogen and oxygen atoms in total. The molecule has 0 aromatic heterocycles. The molecule has 1 aromatic carbocycles. The fourth-order valence-electron chi connectivity index (χ4n) is 4.78. The molecule has 3 aliphatic rings. The monoisotopic (exact) mass is 370 g/mol. The topological polar surface area (TPSA) is 66.9 Å². The van der Waals surface area contributed by atoms with E-state index >= 15 is 0 Å². The summed E-state index contributed by atoms with van der Waals surface area (Å²) in [5.41, 5.74) is 1.70. The van der Waals surface area contributed by atoms with Crippen molar-refractivity contribution in [2.45, 2.75) is 63.3 Å². The summed E-state index contributed by atoms with van der Waals surface area (Å²) in [6.45, 7) is 2.28. The lowest BCUT2D eigenvalue weighted by atomic mass is 9.75. The number of hydrogen-bond acceptors (Lipinski definition) is 5. The first-order chi connectivity index (χ1) is 13.1. The molecule has 144 valence electrons. The summed E-state index contributed by atoms with van der Waals surface area (Å²) in [6, 6.07) is 7.56. The number of amides is 2. The van der Waals surface area contributed by atoms with Crippen LogP contribution in [0.15, 0.2) is 24.3 Å². The van der Waals surface area contributed by atoms with Crippen LogP contribution < -0.4 is 0 Å². The van der Waals surface area contributed by atoms with Crippen LogP contribution >= 0.6 is 0 Å². The predicted molar refractivity (Wildman–Crippen MR) is 98.5 cm³/mol. The minimum absolute atomic E-state index is 0.0814. The zero-order valence-electron chi connectivity index (χ0n) is 15.6. The number of imide groups is 1. The smallest absolute Gasteiger partial charge is 0.325 e. The van der Waals surface area contributed by atoms with Crippen LogP contribution in [-0.4, -0.2) is 40.8 Å². The summed E-state index contributed by atoms with van der Waals surface area (Å²) in [7, 11) is 0. The highest BCUT2D eigenvalue weighted by Gasteiger charge is 2.40. The molecule has 3 fully saturated rings. The number of benzene rings is 1. The van der Waals surface area contributed by atoms with Crippen LogP contribution in [0.1, 0.15) is 73.7 Å². The van der Waals surface area contributed by atoms with Crippen LogP contribution in [0.3, 0.4) is 0 Å². The Balaban J connectivity index is 1.52. The minimum atomic E-state index is -0.663. The lowest BCUT2D eigenvalue weighted by molar-refractivity contribution is -0.172. The fraction of sp³-hybridized carbons (Fsp3) is 0.571. The van der Waals surface area contributed by atoms with Gasteiger partial charge in [-0.1, -0.05) is 31.4 Å². The van der Waals surface area contributed by atoms with Gasteiger partial charge in [-0.25, -0.2) is 4.79 Å². The minimum Gasteiger partial charge on any atom is -0.325 e. The molecular formula is C21H26N2O4.